The molecule has 1 aliphatic heterocycles. The number of halogens is 2. The van der Waals surface area contributed by atoms with Gasteiger partial charge in [0, 0.05) is 26.6 Å². The molecule has 7 nitrogen and oxygen atoms in total. The van der Waals surface area contributed by atoms with E-state index in [0.29, 0.717) is 24.1 Å². The van der Waals surface area contributed by atoms with Gasteiger partial charge in [0.1, 0.15) is 5.82 Å². The van der Waals surface area contributed by atoms with E-state index in [0.717, 1.165) is 41.8 Å². The third-order valence-corrected chi connectivity index (χ3v) is 7.25. The number of anilines is 1. The Labute approximate surface area is 210 Å². The fourth-order valence-corrected chi connectivity index (χ4v) is 4.95. The summed E-state index contributed by atoms with van der Waals surface area (Å²) in [6.07, 6.45) is 6.03. The second-order valence-electron chi connectivity index (χ2n) is 7.99. The predicted molar refractivity (Wildman–Crippen MR) is 133 cm³/mol. The number of fused-ring (bicyclic) bond motifs is 1. The summed E-state index contributed by atoms with van der Waals surface area (Å²) in [7, 11) is -4.02. The van der Waals surface area contributed by atoms with Crippen LogP contribution in [0.5, 0.6) is 0 Å². The smallest absolute Gasteiger partial charge is 0.261 e. The van der Waals surface area contributed by atoms with Crippen molar-refractivity contribution in [1.29, 1.82) is 0 Å². The lowest BCUT2D eigenvalue weighted by atomic mass is 9.98. The van der Waals surface area contributed by atoms with Crippen LogP contribution in [0.3, 0.4) is 0 Å². The molecule has 1 unspecified atom stereocenters. The topological polar surface area (TPSA) is 88.4 Å². The average Bonchev–Trinajstić information content (AvgIpc) is 3.26. The molecule has 0 radical (unpaired) electrons. The third kappa shape index (κ3) is 5.15. The Morgan fingerprint density at radius 1 is 1.17 bits per heavy atom. The second-order valence-corrected chi connectivity index (χ2v) is 10.0. The van der Waals surface area contributed by atoms with E-state index in [4.69, 9.17) is 14.3 Å². The summed E-state index contributed by atoms with van der Waals surface area (Å²) in [5.74, 6) is 5.72. The number of rotatable bonds is 4. The molecular weight excluding hydrogens is 489 g/mol. The van der Waals surface area contributed by atoms with Gasteiger partial charge in [0.15, 0.2) is 5.15 Å². The maximum absolute atomic E-state index is 13.2. The molecule has 178 valence electrons. The van der Waals surface area contributed by atoms with Crippen LogP contribution in [0.15, 0.2) is 66.0 Å². The van der Waals surface area contributed by atoms with Crippen LogP contribution in [0.4, 0.5) is 10.1 Å². The molecule has 0 spiro atoms. The Balaban J connectivity index is 1.44. The zero-order chi connectivity index (χ0) is 26.2. The van der Waals surface area contributed by atoms with E-state index in [1.165, 1.54) is 6.20 Å². The molecule has 5 rings (SSSR count). The Morgan fingerprint density at radius 2 is 2.00 bits per heavy atom. The van der Waals surface area contributed by atoms with Gasteiger partial charge >= 0.3 is 0 Å². The lowest BCUT2D eigenvalue weighted by molar-refractivity contribution is 0.447. The van der Waals surface area contributed by atoms with Crippen molar-refractivity contribution in [3.8, 4) is 23.0 Å². The van der Waals surface area contributed by atoms with E-state index < -0.39 is 22.3 Å². The van der Waals surface area contributed by atoms with E-state index in [2.05, 4.69) is 32.0 Å². The molecule has 0 saturated carbocycles. The summed E-state index contributed by atoms with van der Waals surface area (Å²) in [5, 5.41) is 7.15. The monoisotopic (exact) mass is 511 g/mol. The highest BCUT2D eigenvalue weighted by Gasteiger charge is 2.17. The molecule has 4 heterocycles. The van der Waals surface area contributed by atoms with Crippen LogP contribution in [0.25, 0.3) is 16.6 Å². The molecule has 1 aliphatic rings. The zero-order valence-corrected chi connectivity index (χ0v) is 19.9. The SMILES string of the molecule is [2H]C1([2H])CC(C#Cc2cnn3ccc(-c4cnc(Cl)c(NS(=O)(=O)c5ccc(F)cc5)c4)cc23)CCN1. The van der Waals surface area contributed by atoms with Crippen molar-refractivity contribution < 1.29 is 15.5 Å². The van der Waals surface area contributed by atoms with Crippen molar-refractivity contribution in [2.75, 3.05) is 17.8 Å². The largest absolute Gasteiger partial charge is 0.317 e. The second kappa shape index (κ2) is 9.66. The molecule has 1 atom stereocenters. The summed E-state index contributed by atoms with van der Waals surface area (Å²) >= 11 is 6.18. The molecule has 1 aromatic carbocycles. The molecule has 35 heavy (non-hydrogen) atoms. The van der Waals surface area contributed by atoms with Crippen molar-refractivity contribution in [1.82, 2.24) is 19.9 Å². The number of benzene rings is 1. The summed E-state index contributed by atoms with van der Waals surface area (Å²) in [6, 6.07) is 9.69. The first-order chi connectivity index (χ1) is 17.6. The van der Waals surface area contributed by atoms with E-state index >= 15 is 0 Å². The quantitative estimate of drug-likeness (QED) is 0.314. The highest BCUT2D eigenvalue weighted by atomic mass is 35.5. The summed E-state index contributed by atoms with van der Waals surface area (Å²) in [4.78, 5) is 4.03. The average molecular weight is 512 g/mol. The molecule has 1 saturated heterocycles. The molecule has 10 heteroatoms. The minimum absolute atomic E-state index is 0.0340. The Kier molecular flexibility index (Phi) is 5.76. The van der Waals surface area contributed by atoms with Crippen LogP contribution in [0, 0.1) is 23.6 Å². The normalized spacial score (nSPS) is 18.3. The van der Waals surface area contributed by atoms with Gasteiger partial charge in [-0.3, -0.25) is 4.72 Å². The van der Waals surface area contributed by atoms with Crippen LogP contribution < -0.4 is 10.0 Å². The van der Waals surface area contributed by atoms with E-state index in [-0.39, 0.29) is 21.7 Å². The molecule has 1 fully saturated rings. The van der Waals surface area contributed by atoms with Gasteiger partial charge in [0.05, 0.1) is 27.9 Å². The lowest BCUT2D eigenvalue weighted by Crippen LogP contribution is -2.26. The number of aromatic nitrogens is 3. The molecule has 0 amide bonds. The number of piperidine rings is 1. The Hall–Kier alpha value is -3.45. The van der Waals surface area contributed by atoms with E-state index in [1.54, 1.807) is 23.0 Å². The first kappa shape index (κ1) is 20.9. The number of hydrogen-bond donors (Lipinski definition) is 2. The van der Waals surface area contributed by atoms with Crippen molar-refractivity contribution in [3.05, 3.63) is 77.6 Å². The minimum Gasteiger partial charge on any atom is -0.317 e. The van der Waals surface area contributed by atoms with Gasteiger partial charge in [-0.2, -0.15) is 5.10 Å². The number of sulfonamides is 1. The summed E-state index contributed by atoms with van der Waals surface area (Å²) < 4.78 is 58.7. The number of hydrogen-bond acceptors (Lipinski definition) is 5. The van der Waals surface area contributed by atoms with E-state index in [9.17, 15) is 12.8 Å². The standard InChI is InChI=1S/C25H21ClFN5O2S/c26-25-23(31-35(33,34)22-5-3-21(27)4-6-22)13-20(15-29-25)18-9-12-32-24(14-18)19(16-30-32)2-1-17-7-10-28-11-8-17/h3-6,9,12-17,28,31H,7-8,10-11H2/i10D2. The fourth-order valence-electron chi connectivity index (χ4n) is 3.69. The van der Waals surface area contributed by atoms with Crippen molar-refractivity contribution in [3.63, 3.8) is 0 Å². The molecular formula is C25H21ClFN5O2S. The fraction of sp³-hybridized carbons (Fsp3) is 0.200. The highest BCUT2D eigenvalue weighted by molar-refractivity contribution is 7.92. The molecule has 2 N–H and O–H groups in total. The van der Waals surface area contributed by atoms with Crippen molar-refractivity contribution in [2.45, 2.75) is 17.7 Å². The summed E-state index contributed by atoms with van der Waals surface area (Å²) in [6.45, 7) is -0.856. The van der Waals surface area contributed by atoms with Gasteiger partial charge in [-0.15, -0.1) is 0 Å². The van der Waals surface area contributed by atoms with Gasteiger partial charge in [0.2, 0.25) is 0 Å². The van der Waals surface area contributed by atoms with Gasteiger partial charge in [-0.1, -0.05) is 23.4 Å². The minimum atomic E-state index is -4.02. The van der Waals surface area contributed by atoms with Crippen LogP contribution >= 0.6 is 11.6 Å². The van der Waals surface area contributed by atoms with Gasteiger partial charge in [0.25, 0.3) is 10.0 Å². The van der Waals surface area contributed by atoms with Crippen molar-refractivity contribution in [2.24, 2.45) is 5.92 Å². The van der Waals surface area contributed by atoms with Gasteiger partial charge in [-0.25, -0.2) is 22.3 Å². The van der Waals surface area contributed by atoms with E-state index in [1.807, 2.05) is 12.1 Å². The lowest BCUT2D eigenvalue weighted by Gasteiger charge is -2.17. The number of nitrogens with one attached hydrogen (secondary N) is 2. The number of pyridine rings is 2. The van der Waals surface area contributed by atoms with Crippen molar-refractivity contribution >= 4 is 32.8 Å². The summed E-state index contributed by atoms with van der Waals surface area (Å²) in [5.41, 5.74) is 2.86. The Morgan fingerprint density at radius 3 is 2.80 bits per heavy atom. The maximum Gasteiger partial charge on any atom is 0.261 e. The first-order valence-electron chi connectivity index (χ1n) is 11.8. The van der Waals surface area contributed by atoms with Gasteiger partial charge in [-0.05, 0) is 73.9 Å². The molecule has 0 aliphatic carbocycles. The van der Waals surface area contributed by atoms with Crippen LogP contribution in [-0.2, 0) is 10.0 Å². The number of nitrogens with zero attached hydrogens (tertiary/aromatic N) is 3. The van der Waals surface area contributed by atoms with Crippen LogP contribution in [-0.4, -0.2) is 36.1 Å². The first-order valence-corrected chi connectivity index (χ1v) is 12.6. The molecule has 3 aromatic heterocycles. The third-order valence-electron chi connectivity index (χ3n) is 5.56. The van der Waals surface area contributed by atoms with Crippen LogP contribution in [0.1, 0.15) is 21.1 Å². The Bertz CT molecular complexity index is 1650. The zero-order valence-electron chi connectivity index (χ0n) is 20.3. The molecule has 0 bridgehead atoms. The van der Waals surface area contributed by atoms with Crippen LogP contribution in [0.2, 0.25) is 5.15 Å². The molecule has 4 aromatic rings. The predicted octanol–water partition coefficient (Wildman–Crippen LogP) is 4.34. The maximum atomic E-state index is 13.2. The van der Waals surface area contributed by atoms with Gasteiger partial charge < -0.3 is 5.32 Å². The highest BCUT2D eigenvalue weighted by Crippen LogP contribution is 2.29.